The number of anilines is 1. The van der Waals surface area contributed by atoms with Gasteiger partial charge in [0, 0.05) is 19.0 Å². The summed E-state index contributed by atoms with van der Waals surface area (Å²) in [5.41, 5.74) is 1.04. The lowest BCUT2D eigenvalue weighted by Crippen LogP contribution is -2.20. The van der Waals surface area contributed by atoms with Crippen LogP contribution < -0.4 is 4.90 Å². The molecular formula is C16H20N2O2. The van der Waals surface area contributed by atoms with Crippen LogP contribution in [0.4, 0.5) is 5.82 Å². The number of rotatable bonds is 6. The summed E-state index contributed by atoms with van der Waals surface area (Å²) in [6.07, 6.45) is 3.42. The number of aromatic nitrogens is 1. The number of pyridine rings is 1. The second-order valence-electron chi connectivity index (χ2n) is 4.98. The molecule has 106 valence electrons. The van der Waals surface area contributed by atoms with Crippen molar-refractivity contribution < 1.29 is 9.90 Å². The van der Waals surface area contributed by atoms with E-state index in [9.17, 15) is 9.90 Å². The van der Waals surface area contributed by atoms with Crippen molar-refractivity contribution in [3.05, 3.63) is 35.9 Å². The van der Waals surface area contributed by atoms with Gasteiger partial charge in [0.15, 0.2) is 0 Å². The number of carbonyl (C=O) groups is 1. The van der Waals surface area contributed by atoms with Crippen molar-refractivity contribution in [3.63, 3.8) is 0 Å². The fourth-order valence-corrected chi connectivity index (χ4v) is 2.25. The van der Waals surface area contributed by atoms with E-state index in [1.807, 2.05) is 30.1 Å². The molecule has 0 aliphatic carbocycles. The molecule has 0 bridgehead atoms. The van der Waals surface area contributed by atoms with E-state index in [1.54, 1.807) is 12.1 Å². The van der Waals surface area contributed by atoms with Gasteiger partial charge in [0.25, 0.3) is 0 Å². The molecule has 1 aromatic heterocycles. The lowest BCUT2D eigenvalue weighted by Gasteiger charge is -2.19. The molecule has 2 aromatic rings. The number of carboxylic acid groups (broad SMARTS) is 1. The second-order valence-corrected chi connectivity index (χ2v) is 4.98. The van der Waals surface area contributed by atoms with Gasteiger partial charge in [-0.3, -0.25) is 0 Å². The maximum atomic E-state index is 11.4. The summed E-state index contributed by atoms with van der Waals surface area (Å²) in [6.45, 7) is 3.05. The van der Waals surface area contributed by atoms with Crippen molar-refractivity contribution in [2.75, 3.05) is 18.5 Å². The molecule has 4 heteroatoms. The first-order valence-electron chi connectivity index (χ1n) is 6.97. The quantitative estimate of drug-likeness (QED) is 0.817. The van der Waals surface area contributed by atoms with Crippen LogP contribution in [-0.4, -0.2) is 29.7 Å². The van der Waals surface area contributed by atoms with Crippen LogP contribution in [0.1, 0.15) is 36.5 Å². The summed E-state index contributed by atoms with van der Waals surface area (Å²) in [5, 5.41) is 10.0. The molecule has 20 heavy (non-hydrogen) atoms. The van der Waals surface area contributed by atoms with Gasteiger partial charge in [-0.05, 0) is 18.6 Å². The summed E-state index contributed by atoms with van der Waals surface area (Å²) in [7, 11) is 1.96. The summed E-state index contributed by atoms with van der Waals surface area (Å²) < 4.78 is 0. The Labute approximate surface area is 119 Å². The van der Waals surface area contributed by atoms with Crippen molar-refractivity contribution in [1.29, 1.82) is 0 Å². The fourth-order valence-electron chi connectivity index (χ4n) is 2.25. The van der Waals surface area contributed by atoms with Gasteiger partial charge in [-0.25, -0.2) is 9.78 Å². The van der Waals surface area contributed by atoms with Crippen LogP contribution >= 0.6 is 0 Å². The number of aromatic carboxylic acids is 1. The molecule has 0 aliphatic heterocycles. The maximum Gasteiger partial charge on any atom is 0.336 e. The molecule has 0 saturated heterocycles. The van der Waals surface area contributed by atoms with Crippen LogP contribution in [0.3, 0.4) is 0 Å². The standard InChI is InChI=1S/C16H20N2O2/c1-3-4-7-10-18(2)15-11-13(16(19)20)12-8-5-6-9-14(12)17-15/h5-6,8-9,11H,3-4,7,10H2,1-2H3,(H,19,20). The van der Waals surface area contributed by atoms with Gasteiger partial charge in [-0.15, -0.1) is 0 Å². The normalized spacial score (nSPS) is 10.7. The van der Waals surface area contributed by atoms with Crippen molar-refractivity contribution >= 4 is 22.7 Å². The maximum absolute atomic E-state index is 11.4. The number of benzene rings is 1. The van der Waals surface area contributed by atoms with Gasteiger partial charge in [0.05, 0.1) is 11.1 Å². The topological polar surface area (TPSA) is 53.4 Å². The number of para-hydroxylation sites is 1. The summed E-state index contributed by atoms with van der Waals surface area (Å²) in [4.78, 5) is 18.0. The zero-order valence-corrected chi connectivity index (χ0v) is 12.0. The van der Waals surface area contributed by atoms with E-state index in [0.29, 0.717) is 10.9 Å². The van der Waals surface area contributed by atoms with Crippen LogP contribution in [0.15, 0.2) is 30.3 Å². The average molecular weight is 272 g/mol. The van der Waals surface area contributed by atoms with E-state index in [2.05, 4.69) is 11.9 Å². The molecule has 0 spiro atoms. The second kappa shape index (κ2) is 6.37. The van der Waals surface area contributed by atoms with E-state index in [1.165, 1.54) is 12.8 Å². The number of unbranched alkanes of at least 4 members (excludes halogenated alkanes) is 2. The fraction of sp³-hybridized carbons (Fsp3) is 0.375. The Morgan fingerprint density at radius 3 is 2.75 bits per heavy atom. The van der Waals surface area contributed by atoms with Crippen LogP contribution in [-0.2, 0) is 0 Å². The SMILES string of the molecule is CCCCCN(C)c1cc(C(=O)O)c2ccccc2n1. The third-order valence-electron chi connectivity index (χ3n) is 3.42. The van der Waals surface area contributed by atoms with Crippen LogP contribution in [0.25, 0.3) is 10.9 Å². The minimum Gasteiger partial charge on any atom is -0.478 e. The molecular weight excluding hydrogens is 252 g/mol. The van der Waals surface area contributed by atoms with Crippen LogP contribution in [0, 0.1) is 0 Å². The van der Waals surface area contributed by atoms with Crippen molar-refractivity contribution in [1.82, 2.24) is 4.98 Å². The molecule has 0 saturated carbocycles. The van der Waals surface area contributed by atoms with Crippen molar-refractivity contribution in [2.45, 2.75) is 26.2 Å². The van der Waals surface area contributed by atoms with Crippen LogP contribution in [0.2, 0.25) is 0 Å². The highest BCUT2D eigenvalue weighted by Crippen LogP contribution is 2.22. The third-order valence-corrected chi connectivity index (χ3v) is 3.42. The predicted octanol–water partition coefficient (Wildman–Crippen LogP) is 3.56. The van der Waals surface area contributed by atoms with E-state index in [4.69, 9.17) is 0 Å². The number of nitrogens with zero attached hydrogens (tertiary/aromatic N) is 2. The highest BCUT2D eigenvalue weighted by molar-refractivity contribution is 6.03. The lowest BCUT2D eigenvalue weighted by molar-refractivity contribution is 0.0699. The monoisotopic (exact) mass is 272 g/mol. The van der Waals surface area contributed by atoms with E-state index in [0.717, 1.165) is 24.3 Å². The van der Waals surface area contributed by atoms with Crippen molar-refractivity contribution in [2.24, 2.45) is 0 Å². The molecule has 1 aromatic carbocycles. The summed E-state index contributed by atoms with van der Waals surface area (Å²) in [6, 6.07) is 9.03. The van der Waals surface area contributed by atoms with Gasteiger partial charge in [-0.1, -0.05) is 38.0 Å². The minimum absolute atomic E-state index is 0.313. The molecule has 0 amide bonds. The number of hydrogen-bond donors (Lipinski definition) is 1. The molecule has 0 radical (unpaired) electrons. The van der Waals surface area contributed by atoms with Gasteiger partial charge in [0.1, 0.15) is 5.82 Å². The minimum atomic E-state index is -0.910. The molecule has 0 atom stereocenters. The summed E-state index contributed by atoms with van der Waals surface area (Å²) in [5.74, 6) is -0.191. The van der Waals surface area contributed by atoms with E-state index < -0.39 is 5.97 Å². The first-order chi connectivity index (χ1) is 9.63. The lowest BCUT2D eigenvalue weighted by atomic mass is 10.1. The summed E-state index contributed by atoms with van der Waals surface area (Å²) >= 11 is 0. The Balaban J connectivity index is 2.37. The third kappa shape index (κ3) is 3.07. The number of fused-ring (bicyclic) bond motifs is 1. The zero-order valence-electron chi connectivity index (χ0n) is 12.0. The number of carboxylic acids is 1. The Morgan fingerprint density at radius 2 is 2.05 bits per heavy atom. The van der Waals surface area contributed by atoms with Gasteiger partial charge in [0.2, 0.25) is 0 Å². The molecule has 0 fully saturated rings. The van der Waals surface area contributed by atoms with Gasteiger partial charge < -0.3 is 10.0 Å². The first-order valence-corrected chi connectivity index (χ1v) is 6.97. The van der Waals surface area contributed by atoms with E-state index in [-0.39, 0.29) is 0 Å². The molecule has 1 N–H and O–H groups in total. The molecule has 2 rings (SSSR count). The Morgan fingerprint density at radius 1 is 1.30 bits per heavy atom. The molecule has 0 aliphatic rings. The highest BCUT2D eigenvalue weighted by Gasteiger charge is 2.13. The smallest absolute Gasteiger partial charge is 0.336 e. The van der Waals surface area contributed by atoms with Crippen LogP contribution in [0.5, 0.6) is 0 Å². The molecule has 1 heterocycles. The van der Waals surface area contributed by atoms with Gasteiger partial charge >= 0.3 is 5.97 Å². The van der Waals surface area contributed by atoms with Crippen molar-refractivity contribution in [3.8, 4) is 0 Å². The highest BCUT2D eigenvalue weighted by atomic mass is 16.4. The Kier molecular flexibility index (Phi) is 4.56. The molecule has 0 unspecified atom stereocenters. The Bertz CT molecular complexity index is 610. The Hall–Kier alpha value is -2.10. The van der Waals surface area contributed by atoms with Gasteiger partial charge in [-0.2, -0.15) is 0 Å². The molecule has 4 nitrogen and oxygen atoms in total. The zero-order chi connectivity index (χ0) is 14.5. The predicted molar refractivity (Wildman–Crippen MR) is 81.5 cm³/mol. The van der Waals surface area contributed by atoms with E-state index >= 15 is 0 Å². The largest absolute Gasteiger partial charge is 0.478 e. The number of hydrogen-bond acceptors (Lipinski definition) is 3. The average Bonchev–Trinajstić information content (AvgIpc) is 2.46. The first kappa shape index (κ1) is 14.3.